The minimum Gasteiger partial charge on any atom is -0.483 e. The van der Waals surface area contributed by atoms with Crippen LogP contribution < -0.4 is 4.74 Å². The maximum Gasteiger partial charge on any atom is 0.419 e. The molecule has 0 atom stereocenters. The SMILES string of the molecule is Cc1noc(COc2ccc(C=O)cc2C(F)(F)F)n1. The minimum atomic E-state index is -4.63. The molecular weight excluding hydrogens is 277 g/mol. The van der Waals surface area contributed by atoms with Gasteiger partial charge in [0.25, 0.3) is 5.89 Å². The summed E-state index contributed by atoms with van der Waals surface area (Å²) in [5.41, 5.74) is -1.11. The molecule has 0 aliphatic carbocycles. The number of ether oxygens (including phenoxy) is 1. The van der Waals surface area contributed by atoms with Crippen LogP contribution in [0.4, 0.5) is 13.2 Å². The average Bonchev–Trinajstić information content (AvgIpc) is 2.81. The van der Waals surface area contributed by atoms with Crippen molar-refractivity contribution in [2.24, 2.45) is 0 Å². The number of benzene rings is 1. The maximum absolute atomic E-state index is 12.8. The van der Waals surface area contributed by atoms with Crippen molar-refractivity contribution in [1.29, 1.82) is 0 Å². The number of halogens is 3. The summed E-state index contributed by atoms with van der Waals surface area (Å²) < 4.78 is 48.3. The number of hydrogen-bond acceptors (Lipinski definition) is 5. The number of alkyl halides is 3. The molecule has 0 unspecified atom stereocenters. The van der Waals surface area contributed by atoms with Gasteiger partial charge in [-0.3, -0.25) is 4.79 Å². The van der Waals surface area contributed by atoms with Gasteiger partial charge in [-0.1, -0.05) is 5.16 Å². The molecule has 0 saturated heterocycles. The van der Waals surface area contributed by atoms with E-state index in [0.717, 1.165) is 12.1 Å². The first-order chi connectivity index (χ1) is 9.40. The van der Waals surface area contributed by atoms with Crippen molar-refractivity contribution < 1.29 is 27.2 Å². The summed E-state index contributed by atoms with van der Waals surface area (Å²) in [7, 11) is 0. The van der Waals surface area contributed by atoms with Gasteiger partial charge in [-0.15, -0.1) is 0 Å². The quantitative estimate of drug-likeness (QED) is 0.808. The van der Waals surface area contributed by atoms with Gasteiger partial charge in [-0.2, -0.15) is 18.2 Å². The minimum absolute atomic E-state index is 0.0649. The Balaban J connectivity index is 2.24. The van der Waals surface area contributed by atoms with E-state index in [1.54, 1.807) is 6.92 Å². The number of aldehydes is 1. The first-order valence-electron chi connectivity index (χ1n) is 5.48. The number of nitrogens with zero attached hydrogens (tertiary/aromatic N) is 2. The Labute approximate surface area is 111 Å². The monoisotopic (exact) mass is 286 g/mol. The van der Waals surface area contributed by atoms with Crippen LogP contribution in [0.15, 0.2) is 22.7 Å². The summed E-state index contributed by atoms with van der Waals surface area (Å²) in [6.45, 7) is 1.29. The molecule has 20 heavy (non-hydrogen) atoms. The second-order valence-electron chi connectivity index (χ2n) is 3.90. The lowest BCUT2D eigenvalue weighted by molar-refractivity contribution is -0.139. The molecule has 0 saturated carbocycles. The van der Waals surface area contributed by atoms with Crippen molar-refractivity contribution in [1.82, 2.24) is 10.1 Å². The Hall–Kier alpha value is -2.38. The number of aryl methyl sites for hydroxylation is 1. The Morgan fingerprint density at radius 3 is 2.70 bits per heavy atom. The van der Waals surface area contributed by atoms with E-state index in [4.69, 9.17) is 9.26 Å². The molecular formula is C12H9F3N2O3. The highest BCUT2D eigenvalue weighted by Crippen LogP contribution is 2.36. The van der Waals surface area contributed by atoms with Crippen LogP contribution in [0.1, 0.15) is 27.6 Å². The fraction of sp³-hybridized carbons (Fsp3) is 0.250. The van der Waals surface area contributed by atoms with E-state index in [2.05, 4.69) is 10.1 Å². The van der Waals surface area contributed by atoms with E-state index in [1.807, 2.05) is 0 Å². The predicted octanol–water partition coefficient (Wildman–Crippen LogP) is 2.79. The first-order valence-corrected chi connectivity index (χ1v) is 5.48. The number of hydrogen-bond donors (Lipinski definition) is 0. The summed E-state index contributed by atoms with van der Waals surface area (Å²) in [5, 5.41) is 3.49. The van der Waals surface area contributed by atoms with Gasteiger partial charge in [0.15, 0.2) is 12.4 Å². The van der Waals surface area contributed by atoms with Gasteiger partial charge in [-0.25, -0.2) is 0 Å². The molecule has 0 fully saturated rings. The lowest BCUT2D eigenvalue weighted by Crippen LogP contribution is -2.09. The molecule has 5 nitrogen and oxygen atoms in total. The van der Waals surface area contributed by atoms with Crippen molar-refractivity contribution in [2.45, 2.75) is 19.7 Å². The second-order valence-corrected chi connectivity index (χ2v) is 3.90. The highest BCUT2D eigenvalue weighted by molar-refractivity contribution is 5.75. The zero-order valence-corrected chi connectivity index (χ0v) is 10.3. The molecule has 0 bridgehead atoms. The fourth-order valence-corrected chi connectivity index (χ4v) is 1.51. The Morgan fingerprint density at radius 2 is 2.15 bits per heavy atom. The summed E-state index contributed by atoms with van der Waals surface area (Å²) in [6.07, 6.45) is -4.29. The van der Waals surface area contributed by atoms with Gasteiger partial charge in [0.2, 0.25) is 0 Å². The van der Waals surface area contributed by atoms with E-state index >= 15 is 0 Å². The van der Waals surface area contributed by atoms with Gasteiger partial charge in [0.05, 0.1) is 5.56 Å². The molecule has 1 aromatic carbocycles. The number of aromatic nitrogens is 2. The molecule has 2 aromatic rings. The number of carbonyl (C=O) groups excluding carboxylic acids is 1. The molecule has 2 rings (SSSR count). The summed E-state index contributed by atoms with van der Waals surface area (Å²) in [6, 6.07) is 3.04. The van der Waals surface area contributed by atoms with Gasteiger partial charge >= 0.3 is 6.18 Å². The van der Waals surface area contributed by atoms with Crippen LogP contribution >= 0.6 is 0 Å². The van der Waals surface area contributed by atoms with Crippen LogP contribution in [0, 0.1) is 6.92 Å². The largest absolute Gasteiger partial charge is 0.483 e. The molecule has 0 spiro atoms. The van der Waals surface area contributed by atoms with Gasteiger partial charge in [0, 0.05) is 5.56 Å². The zero-order valence-electron chi connectivity index (χ0n) is 10.3. The zero-order chi connectivity index (χ0) is 14.8. The van der Waals surface area contributed by atoms with Gasteiger partial charge in [-0.05, 0) is 25.1 Å². The molecule has 1 aromatic heterocycles. The molecule has 0 N–H and O–H groups in total. The van der Waals surface area contributed by atoms with Crippen molar-refractivity contribution in [2.75, 3.05) is 0 Å². The highest BCUT2D eigenvalue weighted by Gasteiger charge is 2.34. The van der Waals surface area contributed by atoms with Gasteiger partial charge in [0.1, 0.15) is 12.0 Å². The topological polar surface area (TPSA) is 65.2 Å². The first kappa shape index (κ1) is 14.0. The molecule has 0 radical (unpaired) electrons. The standard InChI is InChI=1S/C12H9F3N2O3/c1-7-16-11(20-17-7)6-19-10-3-2-8(5-18)4-9(10)12(13,14)15/h2-5H,6H2,1H3. The normalized spacial score (nSPS) is 11.4. The third-order valence-corrected chi connectivity index (χ3v) is 2.37. The van der Waals surface area contributed by atoms with Crippen molar-refractivity contribution in [3.05, 3.63) is 41.0 Å². The average molecular weight is 286 g/mol. The van der Waals surface area contributed by atoms with Crippen LogP contribution in [0.2, 0.25) is 0 Å². The fourth-order valence-electron chi connectivity index (χ4n) is 1.51. The molecule has 1 heterocycles. The predicted molar refractivity (Wildman–Crippen MR) is 60.2 cm³/mol. The van der Waals surface area contributed by atoms with Crippen LogP contribution in [0.25, 0.3) is 0 Å². The van der Waals surface area contributed by atoms with Crippen LogP contribution in [-0.4, -0.2) is 16.4 Å². The number of rotatable bonds is 4. The third kappa shape index (κ3) is 3.14. The number of carbonyl (C=O) groups is 1. The van der Waals surface area contributed by atoms with E-state index in [1.165, 1.54) is 6.07 Å². The summed E-state index contributed by atoms with van der Waals surface area (Å²) in [5.74, 6) is 0.0185. The molecule has 8 heteroatoms. The van der Waals surface area contributed by atoms with Crippen molar-refractivity contribution in [3.63, 3.8) is 0 Å². The van der Waals surface area contributed by atoms with Crippen LogP contribution in [0.3, 0.4) is 0 Å². The maximum atomic E-state index is 12.8. The molecule has 106 valence electrons. The Morgan fingerprint density at radius 1 is 1.40 bits per heavy atom. The lowest BCUT2D eigenvalue weighted by atomic mass is 10.1. The lowest BCUT2D eigenvalue weighted by Gasteiger charge is -2.13. The Bertz CT molecular complexity index is 623. The van der Waals surface area contributed by atoms with E-state index in [0.29, 0.717) is 12.1 Å². The summed E-state index contributed by atoms with van der Waals surface area (Å²) >= 11 is 0. The third-order valence-electron chi connectivity index (χ3n) is 2.37. The van der Waals surface area contributed by atoms with Crippen LogP contribution in [0.5, 0.6) is 5.75 Å². The summed E-state index contributed by atoms with van der Waals surface area (Å²) in [4.78, 5) is 14.3. The molecule has 0 amide bonds. The van der Waals surface area contributed by atoms with E-state index in [9.17, 15) is 18.0 Å². The molecule has 0 aliphatic rings. The highest BCUT2D eigenvalue weighted by atomic mass is 19.4. The van der Waals surface area contributed by atoms with Crippen LogP contribution in [-0.2, 0) is 12.8 Å². The van der Waals surface area contributed by atoms with Crippen molar-refractivity contribution in [3.8, 4) is 5.75 Å². The molecule has 0 aliphatic heterocycles. The van der Waals surface area contributed by atoms with E-state index in [-0.39, 0.29) is 18.1 Å². The second kappa shape index (κ2) is 5.32. The van der Waals surface area contributed by atoms with Crippen molar-refractivity contribution >= 4 is 6.29 Å². The van der Waals surface area contributed by atoms with Gasteiger partial charge < -0.3 is 9.26 Å². The Kier molecular flexibility index (Phi) is 3.73. The smallest absolute Gasteiger partial charge is 0.419 e. The van der Waals surface area contributed by atoms with E-state index < -0.39 is 17.5 Å².